The molecule has 0 unspecified atom stereocenters. The molecule has 1 heterocycles. The van der Waals surface area contributed by atoms with Crippen molar-refractivity contribution in [2.24, 2.45) is 0 Å². The molecule has 0 bridgehead atoms. The Morgan fingerprint density at radius 2 is 1.63 bits per heavy atom. The van der Waals surface area contributed by atoms with Gasteiger partial charge in [-0.2, -0.15) is 0 Å². The van der Waals surface area contributed by atoms with Crippen molar-refractivity contribution < 1.29 is 28.6 Å². The molecule has 0 aromatic heterocycles. The number of benzene rings is 2. The van der Waals surface area contributed by atoms with Crippen LogP contribution in [0.3, 0.4) is 0 Å². The molecule has 0 saturated heterocycles. The van der Waals surface area contributed by atoms with Crippen LogP contribution in [0.25, 0.3) is 5.57 Å². The van der Waals surface area contributed by atoms with Crippen LogP contribution in [-0.4, -0.2) is 42.5 Å². The third kappa shape index (κ3) is 4.34. The summed E-state index contributed by atoms with van der Waals surface area (Å²) < 4.78 is 24.5. The van der Waals surface area contributed by atoms with Crippen LogP contribution < -0.4 is 14.4 Å². The molecule has 1 aliphatic heterocycles. The SMILES string of the molecule is CCOc1ccc(N2C(=O)C(SCCO)=C(c3ccc(F)cc3)C2=O)cc1OCC. The largest absolute Gasteiger partial charge is 0.490 e. The normalized spacial score (nSPS) is 13.9. The predicted octanol–water partition coefficient (Wildman–Crippen LogP) is 3.63. The molecule has 158 valence electrons. The lowest BCUT2D eigenvalue weighted by atomic mass is 10.1. The molecular weight excluding hydrogens is 409 g/mol. The van der Waals surface area contributed by atoms with Gasteiger partial charge in [0.1, 0.15) is 5.82 Å². The molecular formula is C22H22FNO5S. The molecule has 3 rings (SSSR count). The van der Waals surface area contributed by atoms with E-state index in [4.69, 9.17) is 9.47 Å². The number of nitrogens with zero attached hydrogens (tertiary/aromatic N) is 1. The Labute approximate surface area is 178 Å². The number of thioether (sulfide) groups is 1. The first-order valence-electron chi connectivity index (χ1n) is 9.54. The van der Waals surface area contributed by atoms with E-state index in [1.807, 2.05) is 13.8 Å². The molecule has 0 atom stereocenters. The maximum absolute atomic E-state index is 13.4. The summed E-state index contributed by atoms with van der Waals surface area (Å²) >= 11 is 1.10. The molecule has 1 N–H and O–H groups in total. The molecule has 1 aliphatic rings. The number of carbonyl (C=O) groups is 2. The van der Waals surface area contributed by atoms with Gasteiger partial charge in [0.25, 0.3) is 11.8 Å². The van der Waals surface area contributed by atoms with Gasteiger partial charge < -0.3 is 14.6 Å². The highest BCUT2D eigenvalue weighted by atomic mass is 32.2. The highest BCUT2D eigenvalue weighted by Crippen LogP contribution is 2.40. The first-order valence-corrected chi connectivity index (χ1v) is 10.5. The number of hydrogen-bond donors (Lipinski definition) is 1. The van der Waals surface area contributed by atoms with Crippen LogP contribution in [-0.2, 0) is 9.59 Å². The Kier molecular flexibility index (Phi) is 7.12. The summed E-state index contributed by atoms with van der Waals surface area (Å²) in [5, 5.41) is 9.20. The van der Waals surface area contributed by atoms with E-state index < -0.39 is 17.6 Å². The third-order valence-corrected chi connectivity index (χ3v) is 5.35. The van der Waals surface area contributed by atoms with Crippen LogP contribution in [0.15, 0.2) is 47.4 Å². The van der Waals surface area contributed by atoms with Gasteiger partial charge in [-0.25, -0.2) is 9.29 Å². The van der Waals surface area contributed by atoms with E-state index in [1.54, 1.807) is 18.2 Å². The Morgan fingerprint density at radius 1 is 0.967 bits per heavy atom. The predicted molar refractivity (Wildman–Crippen MR) is 114 cm³/mol. The second kappa shape index (κ2) is 9.77. The van der Waals surface area contributed by atoms with Crippen LogP contribution >= 0.6 is 11.8 Å². The molecule has 2 aromatic carbocycles. The molecule has 0 saturated carbocycles. The molecule has 2 aromatic rings. The lowest BCUT2D eigenvalue weighted by Crippen LogP contribution is -2.31. The van der Waals surface area contributed by atoms with E-state index in [0.29, 0.717) is 36.0 Å². The lowest BCUT2D eigenvalue weighted by Gasteiger charge is -2.18. The standard InChI is InChI=1S/C22H22FNO5S/c1-3-28-17-10-9-16(13-18(17)29-4-2)24-21(26)19(14-5-7-15(23)8-6-14)20(22(24)27)30-12-11-25/h5-10,13,25H,3-4,11-12H2,1-2H3. The number of amides is 2. The number of anilines is 1. The maximum Gasteiger partial charge on any atom is 0.272 e. The molecule has 6 nitrogen and oxygen atoms in total. The fraction of sp³-hybridized carbons (Fsp3) is 0.273. The average Bonchev–Trinajstić information content (AvgIpc) is 2.98. The molecule has 30 heavy (non-hydrogen) atoms. The van der Waals surface area contributed by atoms with Crippen molar-refractivity contribution in [3.8, 4) is 11.5 Å². The summed E-state index contributed by atoms with van der Waals surface area (Å²) in [4.78, 5) is 27.7. The van der Waals surface area contributed by atoms with Gasteiger partial charge in [-0.15, -0.1) is 11.8 Å². The van der Waals surface area contributed by atoms with Crippen molar-refractivity contribution in [1.29, 1.82) is 0 Å². The Morgan fingerprint density at radius 3 is 2.27 bits per heavy atom. The fourth-order valence-electron chi connectivity index (χ4n) is 3.08. The molecule has 0 spiro atoms. The van der Waals surface area contributed by atoms with Gasteiger partial charge in [0.15, 0.2) is 11.5 Å². The van der Waals surface area contributed by atoms with E-state index in [1.165, 1.54) is 24.3 Å². The van der Waals surface area contributed by atoms with E-state index in [0.717, 1.165) is 16.7 Å². The van der Waals surface area contributed by atoms with Crippen LogP contribution in [0.4, 0.5) is 10.1 Å². The Bertz CT molecular complexity index is 974. The molecule has 2 amide bonds. The lowest BCUT2D eigenvalue weighted by molar-refractivity contribution is -0.119. The minimum Gasteiger partial charge on any atom is -0.490 e. The topological polar surface area (TPSA) is 76.1 Å². The highest BCUT2D eigenvalue weighted by Gasteiger charge is 2.40. The zero-order valence-electron chi connectivity index (χ0n) is 16.7. The fourth-order valence-corrected chi connectivity index (χ4v) is 3.94. The average molecular weight is 431 g/mol. The highest BCUT2D eigenvalue weighted by molar-refractivity contribution is 8.04. The van der Waals surface area contributed by atoms with Crippen LogP contribution in [0.2, 0.25) is 0 Å². The first kappa shape index (κ1) is 21.9. The monoisotopic (exact) mass is 431 g/mol. The zero-order chi connectivity index (χ0) is 21.7. The van der Waals surface area contributed by atoms with Crippen molar-refractivity contribution in [3.63, 3.8) is 0 Å². The molecule has 0 fully saturated rings. The third-order valence-electron chi connectivity index (χ3n) is 4.30. The van der Waals surface area contributed by atoms with Crippen molar-refractivity contribution in [2.45, 2.75) is 13.8 Å². The summed E-state index contributed by atoms with van der Waals surface area (Å²) in [6.45, 7) is 4.36. The second-order valence-corrected chi connectivity index (χ2v) is 7.33. The molecule has 8 heteroatoms. The number of ether oxygens (including phenoxy) is 2. The number of aliphatic hydroxyl groups excluding tert-OH is 1. The molecule has 0 aliphatic carbocycles. The van der Waals surface area contributed by atoms with Crippen molar-refractivity contribution in [1.82, 2.24) is 0 Å². The summed E-state index contributed by atoms with van der Waals surface area (Å²) in [5.74, 6) is -0.255. The van der Waals surface area contributed by atoms with Crippen LogP contribution in [0, 0.1) is 5.82 Å². The van der Waals surface area contributed by atoms with Crippen molar-refractivity contribution in [2.75, 3.05) is 30.5 Å². The quantitative estimate of drug-likeness (QED) is 0.611. The van der Waals surface area contributed by atoms with Gasteiger partial charge in [-0.3, -0.25) is 9.59 Å². The second-order valence-electron chi connectivity index (χ2n) is 6.23. The van der Waals surface area contributed by atoms with E-state index in [9.17, 15) is 19.1 Å². The zero-order valence-corrected chi connectivity index (χ0v) is 17.5. The summed E-state index contributed by atoms with van der Waals surface area (Å²) in [7, 11) is 0. The number of imide groups is 1. The summed E-state index contributed by atoms with van der Waals surface area (Å²) in [6, 6.07) is 10.3. The Balaban J connectivity index is 2.04. The number of hydrogen-bond acceptors (Lipinski definition) is 6. The number of carbonyl (C=O) groups excluding carboxylic acids is 2. The summed E-state index contributed by atoms with van der Waals surface area (Å²) in [6.07, 6.45) is 0. The minimum absolute atomic E-state index is 0.149. The van der Waals surface area contributed by atoms with E-state index >= 15 is 0 Å². The van der Waals surface area contributed by atoms with Crippen molar-refractivity contribution in [3.05, 3.63) is 58.8 Å². The number of rotatable bonds is 9. The van der Waals surface area contributed by atoms with E-state index in [-0.39, 0.29) is 22.8 Å². The number of halogens is 1. The smallest absolute Gasteiger partial charge is 0.272 e. The summed E-state index contributed by atoms with van der Waals surface area (Å²) in [5.41, 5.74) is 0.968. The minimum atomic E-state index is -0.515. The number of aliphatic hydroxyl groups is 1. The van der Waals surface area contributed by atoms with E-state index in [2.05, 4.69) is 0 Å². The van der Waals surface area contributed by atoms with Gasteiger partial charge >= 0.3 is 0 Å². The van der Waals surface area contributed by atoms with Crippen LogP contribution in [0.1, 0.15) is 19.4 Å². The van der Waals surface area contributed by atoms with Crippen LogP contribution in [0.5, 0.6) is 11.5 Å². The van der Waals surface area contributed by atoms with Gasteiger partial charge in [0.05, 0.1) is 36.0 Å². The van der Waals surface area contributed by atoms with Gasteiger partial charge in [0, 0.05) is 11.8 Å². The Hall–Kier alpha value is -2.84. The molecule has 0 radical (unpaired) electrons. The van der Waals surface area contributed by atoms with Gasteiger partial charge in [-0.1, -0.05) is 12.1 Å². The maximum atomic E-state index is 13.4. The van der Waals surface area contributed by atoms with Crippen molar-refractivity contribution >= 4 is 34.8 Å². The van der Waals surface area contributed by atoms with Gasteiger partial charge in [-0.05, 0) is 43.7 Å². The first-order chi connectivity index (χ1) is 14.5. The van der Waals surface area contributed by atoms with Gasteiger partial charge in [0.2, 0.25) is 0 Å².